The van der Waals surface area contributed by atoms with Gasteiger partial charge in [0.05, 0.1) is 17.1 Å². The number of benzene rings is 1. The summed E-state index contributed by atoms with van der Waals surface area (Å²) in [5.41, 5.74) is 0.770. The minimum atomic E-state index is 0.590. The van der Waals surface area contributed by atoms with Crippen LogP contribution in [0.3, 0.4) is 0 Å². The van der Waals surface area contributed by atoms with Gasteiger partial charge in [0.1, 0.15) is 6.61 Å². The van der Waals surface area contributed by atoms with E-state index in [1.54, 1.807) is 18.2 Å². The van der Waals surface area contributed by atoms with Crippen molar-refractivity contribution in [3.8, 4) is 0 Å². The molecule has 4 heteroatoms. The molecule has 1 heterocycles. The minimum Gasteiger partial charge on any atom is -0.475 e. The van der Waals surface area contributed by atoms with Crippen LogP contribution < -0.4 is 0 Å². The third-order valence-corrected chi connectivity index (χ3v) is 2.31. The summed E-state index contributed by atoms with van der Waals surface area (Å²) in [6, 6.07) is 5.24. The molecule has 13 heavy (non-hydrogen) atoms. The fourth-order valence-corrected chi connectivity index (χ4v) is 1.53. The zero-order chi connectivity index (χ0) is 9.26. The van der Waals surface area contributed by atoms with Crippen molar-refractivity contribution < 1.29 is 4.74 Å². The first-order valence-corrected chi connectivity index (χ1v) is 4.65. The predicted molar refractivity (Wildman–Crippen MR) is 53.8 cm³/mol. The topological polar surface area (TPSA) is 21.6 Å². The van der Waals surface area contributed by atoms with Crippen LogP contribution in [0.2, 0.25) is 10.0 Å². The van der Waals surface area contributed by atoms with Gasteiger partial charge >= 0.3 is 0 Å². The molecule has 0 N–H and O–H groups in total. The molecule has 0 amide bonds. The Bertz CT molecular complexity index is 363. The molecular weight excluding hydrogens is 209 g/mol. The molecule has 0 spiro atoms. The fourth-order valence-electron chi connectivity index (χ4n) is 1.16. The summed E-state index contributed by atoms with van der Waals surface area (Å²) in [4.78, 5) is 4.16. The van der Waals surface area contributed by atoms with Gasteiger partial charge in [-0.3, -0.25) is 0 Å². The molecule has 2 rings (SSSR count). The second kappa shape index (κ2) is 3.56. The van der Waals surface area contributed by atoms with E-state index in [2.05, 4.69) is 4.99 Å². The van der Waals surface area contributed by atoms with Gasteiger partial charge in [0.25, 0.3) is 0 Å². The van der Waals surface area contributed by atoms with Gasteiger partial charge in [-0.1, -0.05) is 23.2 Å². The van der Waals surface area contributed by atoms with Crippen LogP contribution >= 0.6 is 23.2 Å². The number of ether oxygens (including phenoxy) is 1. The van der Waals surface area contributed by atoms with Crippen LogP contribution in [0.4, 0.5) is 0 Å². The highest BCUT2D eigenvalue weighted by Gasteiger charge is 2.13. The summed E-state index contributed by atoms with van der Waals surface area (Å²) >= 11 is 11.8. The van der Waals surface area contributed by atoms with E-state index >= 15 is 0 Å². The molecule has 0 saturated carbocycles. The van der Waals surface area contributed by atoms with Crippen molar-refractivity contribution in [2.24, 2.45) is 4.99 Å². The quantitative estimate of drug-likeness (QED) is 0.707. The molecule has 1 aromatic rings. The maximum Gasteiger partial charge on any atom is 0.217 e. The van der Waals surface area contributed by atoms with Gasteiger partial charge in [-0.05, 0) is 18.2 Å². The zero-order valence-electron chi connectivity index (χ0n) is 6.76. The lowest BCUT2D eigenvalue weighted by atomic mass is 10.2. The second-order valence-corrected chi connectivity index (χ2v) is 3.50. The second-order valence-electron chi connectivity index (χ2n) is 2.66. The first-order valence-electron chi connectivity index (χ1n) is 3.90. The summed E-state index contributed by atoms with van der Waals surface area (Å²) in [5, 5.41) is 1.25. The maximum atomic E-state index is 5.96. The highest BCUT2D eigenvalue weighted by molar-refractivity contribution is 6.35. The Kier molecular flexibility index (Phi) is 2.42. The van der Waals surface area contributed by atoms with Crippen LogP contribution in [0, 0.1) is 0 Å². The smallest absolute Gasteiger partial charge is 0.217 e. The maximum absolute atomic E-state index is 5.96. The van der Waals surface area contributed by atoms with E-state index in [4.69, 9.17) is 27.9 Å². The third kappa shape index (κ3) is 1.79. The molecular formula is C9H7Cl2NO. The number of rotatable bonds is 1. The normalized spacial score (nSPS) is 15.4. The van der Waals surface area contributed by atoms with Crippen molar-refractivity contribution in [1.29, 1.82) is 0 Å². The Morgan fingerprint density at radius 1 is 1.31 bits per heavy atom. The Morgan fingerprint density at radius 2 is 2.15 bits per heavy atom. The summed E-state index contributed by atoms with van der Waals surface area (Å²) < 4.78 is 5.28. The van der Waals surface area contributed by atoms with Crippen LogP contribution in [0.15, 0.2) is 23.2 Å². The molecule has 0 fully saturated rings. The number of nitrogens with zero attached hydrogens (tertiary/aromatic N) is 1. The SMILES string of the molecule is Clc1ccc(Cl)c(C2=NCCO2)c1. The summed E-state index contributed by atoms with van der Waals surface area (Å²) in [6.45, 7) is 1.32. The molecule has 2 nitrogen and oxygen atoms in total. The number of hydrogen-bond donors (Lipinski definition) is 0. The standard InChI is InChI=1S/C9H7Cl2NO/c10-6-1-2-8(11)7(5-6)9-12-3-4-13-9/h1-2,5H,3-4H2. The Morgan fingerprint density at radius 3 is 2.85 bits per heavy atom. The zero-order valence-corrected chi connectivity index (χ0v) is 8.27. The number of hydrogen-bond acceptors (Lipinski definition) is 2. The summed E-state index contributed by atoms with van der Waals surface area (Å²) in [7, 11) is 0. The lowest BCUT2D eigenvalue weighted by Crippen LogP contribution is -2.01. The summed E-state index contributed by atoms with van der Waals surface area (Å²) in [5.74, 6) is 0.590. The molecule has 0 unspecified atom stereocenters. The minimum absolute atomic E-state index is 0.590. The number of halogens is 2. The lowest BCUT2D eigenvalue weighted by Gasteiger charge is -2.03. The van der Waals surface area contributed by atoms with Crippen molar-refractivity contribution in [2.75, 3.05) is 13.2 Å². The molecule has 1 aromatic carbocycles. The van der Waals surface area contributed by atoms with Gasteiger partial charge in [0, 0.05) is 5.02 Å². The predicted octanol–water partition coefficient (Wildman–Crippen LogP) is 2.77. The van der Waals surface area contributed by atoms with E-state index in [1.165, 1.54) is 0 Å². The molecule has 1 aliphatic heterocycles. The van der Waals surface area contributed by atoms with E-state index < -0.39 is 0 Å². The molecule has 0 radical (unpaired) electrons. The van der Waals surface area contributed by atoms with E-state index in [0.29, 0.717) is 29.1 Å². The molecule has 0 aromatic heterocycles. The monoisotopic (exact) mass is 215 g/mol. The molecule has 68 valence electrons. The molecule has 1 aliphatic rings. The van der Waals surface area contributed by atoms with Crippen LogP contribution in [0.25, 0.3) is 0 Å². The van der Waals surface area contributed by atoms with Gasteiger partial charge in [0.2, 0.25) is 5.90 Å². The van der Waals surface area contributed by atoms with Gasteiger partial charge in [0.15, 0.2) is 0 Å². The van der Waals surface area contributed by atoms with Crippen LogP contribution in [0.5, 0.6) is 0 Å². The van der Waals surface area contributed by atoms with Gasteiger partial charge < -0.3 is 4.74 Å². The molecule has 0 atom stereocenters. The Labute approximate surface area is 86.1 Å². The van der Waals surface area contributed by atoms with E-state index in [0.717, 1.165) is 5.56 Å². The van der Waals surface area contributed by atoms with Gasteiger partial charge in [-0.15, -0.1) is 0 Å². The van der Waals surface area contributed by atoms with Crippen LogP contribution in [-0.4, -0.2) is 19.0 Å². The Balaban J connectivity index is 2.43. The Hall–Kier alpha value is -0.730. The average molecular weight is 216 g/mol. The highest BCUT2D eigenvalue weighted by atomic mass is 35.5. The largest absolute Gasteiger partial charge is 0.475 e. The fraction of sp³-hybridized carbons (Fsp3) is 0.222. The van der Waals surface area contributed by atoms with Gasteiger partial charge in [-0.2, -0.15) is 0 Å². The van der Waals surface area contributed by atoms with Crippen molar-refractivity contribution >= 4 is 29.1 Å². The summed E-state index contributed by atoms with van der Waals surface area (Å²) in [6.07, 6.45) is 0. The van der Waals surface area contributed by atoms with Crippen molar-refractivity contribution in [2.45, 2.75) is 0 Å². The first-order chi connectivity index (χ1) is 6.27. The molecule has 0 saturated heterocycles. The van der Waals surface area contributed by atoms with E-state index in [-0.39, 0.29) is 0 Å². The van der Waals surface area contributed by atoms with Crippen molar-refractivity contribution in [3.63, 3.8) is 0 Å². The number of aliphatic imine (C=N–C) groups is 1. The average Bonchev–Trinajstić information content (AvgIpc) is 2.61. The molecule has 0 aliphatic carbocycles. The highest BCUT2D eigenvalue weighted by Crippen LogP contribution is 2.22. The van der Waals surface area contributed by atoms with Crippen molar-refractivity contribution in [1.82, 2.24) is 0 Å². The van der Waals surface area contributed by atoms with E-state index in [1.807, 2.05) is 0 Å². The first kappa shape index (κ1) is 8.85. The molecule has 0 bridgehead atoms. The van der Waals surface area contributed by atoms with Gasteiger partial charge in [-0.25, -0.2) is 4.99 Å². The van der Waals surface area contributed by atoms with Crippen molar-refractivity contribution in [3.05, 3.63) is 33.8 Å². The van der Waals surface area contributed by atoms with E-state index in [9.17, 15) is 0 Å². The lowest BCUT2D eigenvalue weighted by molar-refractivity contribution is 0.348. The van der Waals surface area contributed by atoms with Crippen LogP contribution in [-0.2, 0) is 4.74 Å². The van der Waals surface area contributed by atoms with Crippen LogP contribution in [0.1, 0.15) is 5.56 Å². The third-order valence-electron chi connectivity index (χ3n) is 1.74.